The standard InChI is InChI=1S/C20H34N4O4.HI/c1-7-21-18(22-11-8-12-23-19(25)28-20(2,3)4)24-14-15-9-10-16(26-5)13-17(15)27-6;/h9-10,13H,7-8,11-12,14H2,1-6H3,(H,23,25)(H2,21,22,24);1H. The van der Waals surface area contributed by atoms with E-state index in [0.717, 1.165) is 30.0 Å². The van der Waals surface area contributed by atoms with Gasteiger partial charge in [0.2, 0.25) is 0 Å². The molecular weight excluding hydrogens is 487 g/mol. The summed E-state index contributed by atoms with van der Waals surface area (Å²) >= 11 is 0. The Kier molecular flexibility index (Phi) is 13.2. The average molecular weight is 522 g/mol. The molecule has 1 amide bonds. The molecule has 0 radical (unpaired) electrons. The van der Waals surface area contributed by atoms with Crippen molar-refractivity contribution in [1.29, 1.82) is 0 Å². The zero-order valence-electron chi connectivity index (χ0n) is 18.3. The van der Waals surface area contributed by atoms with E-state index in [1.54, 1.807) is 14.2 Å². The molecule has 1 aromatic carbocycles. The van der Waals surface area contributed by atoms with Crippen molar-refractivity contribution in [2.24, 2.45) is 4.99 Å². The van der Waals surface area contributed by atoms with E-state index in [1.807, 2.05) is 45.9 Å². The highest BCUT2D eigenvalue weighted by Gasteiger charge is 2.15. The Morgan fingerprint density at radius 3 is 2.34 bits per heavy atom. The fraction of sp³-hybridized carbons (Fsp3) is 0.600. The Labute approximate surface area is 191 Å². The Hall–Kier alpha value is -1.91. The number of hydrogen-bond donors (Lipinski definition) is 3. The summed E-state index contributed by atoms with van der Waals surface area (Å²) in [7, 11) is 3.25. The van der Waals surface area contributed by atoms with Gasteiger partial charge in [0.05, 0.1) is 20.8 Å². The van der Waals surface area contributed by atoms with Crippen molar-refractivity contribution in [2.75, 3.05) is 33.9 Å². The van der Waals surface area contributed by atoms with Gasteiger partial charge >= 0.3 is 6.09 Å². The summed E-state index contributed by atoms with van der Waals surface area (Å²) in [5.74, 6) is 2.19. The Bertz CT molecular complexity index is 648. The second-order valence-electron chi connectivity index (χ2n) is 7.08. The number of hydrogen-bond acceptors (Lipinski definition) is 5. The van der Waals surface area contributed by atoms with E-state index in [9.17, 15) is 4.79 Å². The largest absolute Gasteiger partial charge is 0.497 e. The van der Waals surface area contributed by atoms with E-state index in [4.69, 9.17) is 14.2 Å². The van der Waals surface area contributed by atoms with Gasteiger partial charge in [0.15, 0.2) is 5.96 Å². The molecule has 0 aliphatic carbocycles. The van der Waals surface area contributed by atoms with Gasteiger partial charge < -0.3 is 30.2 Å². The molecule has 0 aliphatic rings. The number of nitrogens with one attached hydrogen (secondary N) is 3. The second-order valence-corrected chi connectivity index (χ2v) is 7.08. The normalized spacial score (nSPS) is 11.2. The molecule has 0 saturated carbocycles. The van der Waals surface area contributed by atoms with Gasteiger partial charge in [-0.3, -0.25) is 0 Å². The van der Waals surface area contributed by atoms with Crippen LogP contribution in [0.1, 0.15) is 39.7 Å². The van der Waals surface area contributed by atoms with Crippen LogP contribution in [0, 0.1) is 0 Å². The first-order chi connectivity index (χ1) is 13.3. The lowest BCUT2D eigenvalue weighted by molar-refractivity contribution is 0.0527. The number of rotatable bonds is 9. The van der Waals surface area contributed by atoms with Gasteiger partial charge in [-0.15, -0.1) is 24.0 Å². The number of aliphatic imine (C=N–C) groups is 1. The molecule has 166 valence electrons. The number of alkyl carbamates (subject to hydrolysis) is 1. The molecule has 0 bridgehead atoms. The highest BCUT2D eigenvalue weighted by Crippen LogP contribution is 2.25. The smallest absolute Gasteiger partial charge is 0.407 e. The zero-order valence-corrected chi connectivity index (χ0v) is 20.6. The fourth-order valence-electron chi connectivity index (χ4n) is 2.29. The fourth-order valence-corrected chi connectivity index (χ4v) is 2.29. The van der Waals surface area contributed by atoms with Gasteiger partial charge in [-0.1, -0.05) is 0 Å². The number of amides is 1. The number of nitrogens with zero attached hydrogens (tertiary/aromatic N) is 1. The third kappa shape index (κ3) is 11.6. The third-order valence-electron chi connectivity index (χ3n) is 3.56. The predicted octanol–water partition coefficient (Wildman–Crippen LogP) is 3.29. The lowest BCUT2D eigenvalue weighted by Gasteiger charge is -2.19. The molecular formula is C20H35IN4O4. The molecule has 0 spiro atoms. The second kappa shape index (κ2) is 14.1. The van der Waals surface area contributed by atoms with Crippen LogP contribution in [0.2, 0.25) is 0 Å². The molecule has 1 aromatic rings. The van der Waals surface area contributed by atoms with E-state index in [-0.39, 0.29) is 24.0 Å². The molecule has 0 fully saturated rings. The number of guanidine groups is 1. The summed E-state index contributed by atoms with van der Waals surface area (Å²) in [5.41, 5.74) is 0.475. The molecule has 0 heterocycles. The van der Waals surface area contributed by atoms with E-state index in [1.165, 1.54) is 0 Å². The molecule has 0 aliphatic heterocycles. The Morgan fingerprint density at radius 1 is 1.07 bits per heavy atom. The lowest BCUT2D eigenvalue weighted by atomic mass is 10.2. The molecule has 0 saturated heterocycles. The number of methoxy groups -OCH3 is 2. The minimum Gasteiger partial charge on any atom is -0.497 e. The van der Waals surface area contributed by atoms with E-state index in [0.29, 0.717) is 25.6 Å². The van der Waals surface area contributed by atoms with Gasteiger partial charge in [-0.05, 0) is 46.2 Å². The summed E-state index contributed by atoms with van der Waals surface area (Å²) in [5, 5.41) is 9.20. The highest BCUT2D eigenvalue weighted by molar-refractivity contribution is 14.0. The molecule has 0 aromatic heterocycles. The van der Waals surface area contributed by atoms with Crippen LogP contribution in [0.5, 0.6) is 11.5 Å². The van der Waals surface area contributed by atoms with Crippen LogP contribution in [0.4, 0.5) is 4.79 Å². The first kappa shape index (κ1) is 27.1. The van der Waals surface area contributed by atoms with Crippen molar-refractivity contribution in [2.45, 2.75) is 46.3 Å². The molecule has 9 heteroatoms. The van der Waals surface area contributed by atoms with Crippen LogP contribution < -0.4 is 25.4 Å². The number of halogens is 1. The number of carbonyl (C=O) groups is 1. The minimum absolute atomic E-state index is 0. The molecule has 0 unspecified atom stereocenters. The Morgan fingerprint density at radius 2 is 1.76 bits per heavy atom. The molecule has 3 N–H and O–H groups in total. The maximum atomic E-state index is 11.6. The first-order valence-corrected chi connectivity index (χ1v) is 9.49. The topological polar surface area (TPSA) is 93.2 Å². The van der Waals surface area contributed by atoms with Crippen LogP contribution in [-0.2, 0) is 11.3 Å². The maximum Gasteiger partial charge on any atom is 0.407 e. The van der Waals surface area contributed by atoms with E-state index < -0.39 is 11.7 Å². The summed E-state index contributed by atoms with van der Waals surface area (Å²) in [4.78, 5) is 16.2. The van der Waals surface area contributed by atoms with Crippen LogP contribution >= 0.6 is 24.0 Å². The van der Waals surface area contributed by atoms with Crippen LogP contribution in [0.25, 0.3) is 0 Å². The van der Waals surface area contributed by atoms with E-state index in [2.05, 4.69) is 20.9 Å². The first-order valence-electron chi connectivity index (χ1n) is 9.49. The zero-order chi connectivity index (χ0) is 21.0. The van der Waals surface area contributed by atoms with Gasteiger partial charge in [0, 0.05) is 31.3 Å². The number of carbonyl (C=O) groups excluding carboxylic acids is 1. The predicted molar refractivity (Wildman–Crippen MR) is 127 cm³/mol. The number of ether oxygens (including phenoxy) is 3. The van der Waals surface area contributed by atoms with Crippen molar-refractivity contribution in [3.8, 4) is 11.5 Å². The SMILES string of the molecule is CCNC(=NCc1ccc(OC)cc1OC)NCCCNC(=O)OC(C)(C)C.I. The Balaban J connectivity index is 0.00000784. The summed E-state index contributed by atoms with van der Waals surface area (Å²) in [6.07, 6.45) is 0.342. The van der Waals surface area contributed by atoms with E-state index >= 15 is 0 Å². The molecule has 29 heavy (non-hydrogen) atoms. The van der Waals surface area contributed by atoms with Crippen molar-refractivity contribution < 1.29 is 19.0 Å². The monoisotopic (exact) mass is 522 g/mol. The highest BCUT2D eigenvalue weighted by atomic mass is 127. The van der Waals surface area contributed by atoms with Gasteiger partial charge in [-0.25, -0.2) is 9.79 Å². The summed E-state index contributed by atoms with van der Waals surface area (Å²) < 4.78 is 15.8. The van der Waals surface area contributed by atoms with Crippen molar-refractivity contribution in [3.63, 3.8) is 0 Å². The lowest BCUT2D eigenvalue weighted by Crippen LogP contribution is -2.39. The van der Waals surface area contributed by atoms with Crippen molar-refractivity contribution in [1.82, 2.24) is 16.0 Å². The van der Waals surface area contributed by atoms with Crippen LogP contribution in [-0.4, -0.2) is 51.5 Å². The van der Waals surface area contributed by atoms with Crippen LogP contribution in [0.15, 0.2) is 23.2 Å². The van der Waals surface area contributed by atoms with Gasteiger partial charge in [-0.2, -0.15) is 0 Å². The van der Waals surface area contributed by atoms with Crippen LogP contribution in [0.3, 0.4) is 0 Å². The van der Waals surface area contributed by atoms with Gasteiger partial charge in [0.25, 0.3) is 0 Å². The molecule has 1 rings (SSSR count). The minimum atomic E-state index is -0.490. The van der Waals surface area contributed by atoms with Crippen molar-refractivity contribution >= 4 is 36.0 Å². The third-order valence-corrected chi connectivity index (χ3v) is 3.56. The quantitative estimate of drug-likeness (QED) is 0.200. The average Bonchev–Trinajstić information content (AvgIpc) is 2.64. The maximum absolute atomic E-state index is 11.6. The van der Waals surface area contributed by atoms with Crippen molar-refractivity contribution in [3.05, 3.63) is 23.8 Å². The van der Waals surface area contributed by atoms with Gasteiger partial charge in [0.1, 0.15) is 17.1 Å². The number of benzene rings is 1. The molecule has 0 atom stereocenters. The summed E-state index contributed by atoms with van der Waals surface area (Å²) in [6.45, 7) is 9.94. The molecule has 8 nitrogen and oxygen atoms in total. The summed E-state index contributed by atoms with van der Waals surface area (Å²) in [6, 6.07) is 5.67.